The smallest absolute Gasteiger partial charge is 0.231 e. The van der Waals surface area contributed by atoms with Crippen molar-refractivity contribution in [2.24, 2.45) is 11.1 Å². The molecule has 0 radical (unpaired) electrons. The normalized spacial score (nSPS) is 24.1. The van der Waals surface area contributed by atoms with Gasteiger partial charge in [0.1, 0.15) is 21.0 Å². The van der Waals surface area contributed by atoms with Crippen LogP contribution >= 0.6 is 0 Å². The Kier molecular flexibility index (Phi) is 2.67. The van der Waals surface area contributed by atoms with Crippen molar-refractivity contribution in [1.29, 1.82) is 0 Å². The van der Waals surface area contributed by atoms with Gasteiger partial charge >= 0.3 is 0 Å². The molecule has 6 heteroatoms. The number of hydrogen-bond acceptors (Lipinski definition) is 4. The van der Waals surface area contributed by atoms with E-state index >= 15 is 0 Å². The highest BCUT2D eigenvalue weighted by Crippen LogP contribution is 2.33. The SMILES string of the molecule is CC(=O)C1(C(N)=O)CCS(=O)(=O)CC1. The molecule has 0 aliphatic carbocycles. The molecule has 2 N–H and O–H groups in total. The second kappa shape index (κ2) is 3.34. The van der Waals surface area contributed by atoms with E-state index in [9.17, 15) is 18.0 Å². The summed E-state index contributed by atoms with van der Waals surface area (Å²) in [6, 6.07) is 0. The zero-order valence-electron chi connectivity index (χ0n) is 7.95. The predicted octanol–water partition coefficient (Wildman–Crippen LogP) is -0.744. The van der Waals surface area contributed by atoms with Crippen molar-refractivity contribution >= 4 is 21.5 Å². The first kappa shape index (κ1) is 11.2. The van der Waals surface area contributed by atoms with Crippen molar-refractivity contribution in [3.63, 3.8) is 0 Å². The molecule has 1 rings (SSSR count). The number of hydrogen-bond donors (Lipinski definition) is 1. The molecule has 0 aromatic rings. The Bertz CT molecular complexity index is 341. The molecule has 0 saturated carbocycles. The first-order valence-corrected chi connectivity index (χ1v) is 6.14. The summed E-state index contributed by atoms with van der Waals surface area (Å²) in [5, 5.41) is 0. The Hall–Kier alpha value is -0.910. The Morgan fingerprint density at radius 3 is 1.93 bits per heavy atom. The molecule has 1 fully saturated rings. The largest absolute Gasteiger partial charge is 0.369 e. The predicted molar refractivity (Wildman–Crippen MR) is 50.2 cm³/mol. The number of Topliss-reactive ketones (excluding diaryl/α,β-unsaturated/α-hetero) is 1. The van der Waals surface area contributed by atoms with Gasteiger partial charge in [0, 0.05) is 0 Å². The van der Waals surface area contributed by atoms with Crippen molar-refractivity contribution in [1.82, 2.24) is 0 Å². The fourth-order valence-electron chi connectivity index (χ4n) is 1.66. The van der Waals surface area contributed by atoms with Gasteiger partial charge in [0.25, 0.3) is 0 Å². The summed E-state index contributed by atoms with van der Waals surface area (Å²) in [7, 11) is -3.08. The molecule has 80 valence electrons. The summed E-state index contributed by atoms with van der Waals surface area (Å²) in [5.74, 6) is -1.30. The van der Waals surface area contributed by atoms with Gasteiger partial charge in [-0.2, -0.15) is 0 Å². The number of rotatable bonds is 2. The third-order valence-electron chi connectivity index (χ3n) is 2.83. The molecule has 5 nitrogen and oxygen atoms in total. The Labute approximate surface area is 82.6 Å². The van der Waals surface area contributed by atoms with Gasteiger partial charge in [0.05, 0.1) is 11.5 Å². The molecule has 1 saturated heterocycles. The minimum Gasteiger partial charge on any atom is -0.369 e. The number of nitrogens with two attached hydrogens (primary N) is 1. The molecule has 0 atom stereocenters. The van der Waals surface area contributed by atoms with Gasteiger partial charge in [-0.05, 0) is 19.8 Å². The van der Waals surface area contributed by atoms with E-state index in [-0.39, 0.29) is 30.1 Å². The van der Waals surface area contributed by atoms with Crippen LogP contribution in [0.3, 0.4) is 0 Å². The molecular formula is C8H13NO4S. The molecule has 0 spiro atoms. The minimum absolute atomic E-state index is 0.0278. The lowest BCUT2D eigenvalue weighted by molar-refractivity contribution is -0.139. The number of carbonyl (C=O) groups excluding carboxylic acids is 2. The van der Waals surface area contributed by atoms with Gasteiger partial charge in [0.2, 0.25) is 5.91 Å². The summed E-state index contributed by atoms with van der Waals surface area (Å²) in [6.07, 6.45) is 0.0556. The fourth-order valence-corrected chi connectivity index (χ4v) is 3.18. The van der Waals surface area contributed by atoms with E-state index in [0.717, 1.165) is 0 Å². The standard InChI is InChI=1S/C8H13NO4S/c1-6(10)8(7(9)11)2-4-14(12,13)5-3-8/h2-5H2,1H3,(H2,9,11). The topological polar surface area (TPSA) is 94.3 Å². The van der Waals surface area contributed by atoms with E-state index in [0.29, 0.717) is 0 Å². The Morgan fingerprint density at radius 2 is 1.64 bits per heavy atom. The second-order valence-electron chi connectivity index (χ2n) is 3.65. The first-order chi connectivity index (χ1) is 6.30. The fraction of sp³-hybridized carbons (Fsp3) is 0.750. The van der Waals surface area contributed by atoms with Crippen molar-refractivity contribution in [3.8, 4) is 0 Å². The molecule has 0 unspecified atom stereocenters. The lowest BCUT2D eigenvalue weighted by Crippen LogP contribution is -2.48. The van der Waals surface area contributed by atoms with Crippen LogP contribution in [-0.4, -0.2) is 31.6 Å². The molecule has 1 heterocycles. The molecular weight excluding hydrogens is 206 g/mol. The van der Waals surface area contributed by atoms with E-state index in [4.69, 9.17) is 5.73 Å². The van der Waals surface area contributed by atoms with Crippen molar-refractivity contribution in [3.05, 3.63) is 0 Å². The van der Waals surface area contributed by atoms with E-state index in [1.54, 1.807) is 0 Å². The summed E-state index contributed by atoms with van der Waals surface area (Å²) in [4.78, 5) is 22.4. The molecule has 0 aromatic carbocycles. The number of primary amides is 1. The number of sulfone groups is 1. The van der Waals surface area contributed by atoms with Gasteiger partial charge in [0.15, 0.2) is 0 Å². The number of carbonyl (C=O) groups is 2. The van der Waals surface area contributed by atoms with Crippen LogP contribution < -0.4 is 5.73 Å². The van der Waals surface area contributed by atoms with Crippen molar-refractivity contribution < 1.29 is 18.0 Å². The number of ketones is 1. The second-order valence-corrected chi connectivity index (χ2v) is 5.96. The summed E-state index contributed by atoms with van der Waals surface area (Å²) < 4.78 is 22.2. The van der Waals surface area contributed by atoms with E-state index in [2.05, 4.69) is 0 Å². The summed E-state index contributed by atoms with van der Waals surface area (Å²) in [5.41, 5.74) is 3.89. The van der Waals surface area contributed by atoms with Crippen LogP contribution in [0.1, 0.15) is 19.8 Å². The maximum Gasteiger partial charge on any atom is 0.231 e. The monoisotopic (exact) mass is 219 g/mol. The molecule has 0 aromatic heterocycles. The minimum atomic E-state index is -3.08. The zero-order valence-corrected chi connectivity index (χ0v) is 8.76. The van der Waals surface area contributed by atoms with Crippen LogP contribution in [-0.2, 0) is 19.4 Å². The Morgan fingerprint density at radius 1 is 1.21 bits per heavy atom. The molecule has 14 heavy (non-hydrogen) atoms. The van der Waals surface area contributed by atoms with Crippen molar-refractivity contribution in [2.45, 2.75) is 19.8 Å². The maximum absolute atomic E-state index is 11.3. The van der Waals surface area contributed by atoms with Gasteiger partial charge in [-0.15, -0.1) is 0 Å². The van der Waals surface area contributed by atoms with Gasteiger partial charge in [-0.1, -0.05) is 0 Å². The van der Waals surface area contributed by atoms with Crippen LogP contribution in [0.15, 0.2) is 0 Å². The lowest BCUT2D eigenvalue weighted by atomic mass is 9.78. The molecule has 1 aliphatic rings. The quantitative estimate of drug-likeness (QED) is 0.618. The van der Waals surface area contributed by atoms with Crippen LogP contribution in [0.25, 0.3) is 0 Å². The maximum atomic E-state index is 11.3. The highest BCUT2D eigenvalue weighted by molar-refractivity contribution is 7.91. The Balaban J connectivity index is 2.97. The lowest BCUT2D eigenvalue weighted by Gasteiger charge is -2.31. The van der Waals surface area contributed by atoms with Crippen LogP contribution in [0.2, 0.25) is 0 Å². The van der Waals surface area contributed by atoms with Crippen LogP contribution in [0, 0.1) is 5.41 Å². The molecule has 1 amide bonds. The third kappa shape index (κ3) is 1.79. The average molecular weight is 219 g/mol. The van der Waals surface area contributed by atoms with Gasteiger partial charge in [-0.25, -0.2) is 8.42 Å². The third-order valence-corrected chi connectivity index (χ3v) is 4.48. The van der Waals surface area contributed by atoms with Crippen LogP contribution in [0.5, 0.6) is 0 Å². The van der Waals surface area contributed by atoms with E-state index in [1.807, 2.05) is 0 Å². The number of amides is 1. The van der Waals surface area contributed by atoms with Crippen molar-refractivity contribution in [2.75, 3.05) is 11.5 Å². The summed E-state index contributed by atoms with van der Waals surface area (Å²) in [6.45, 7) is 1.28. The molecule has 1 aliphatic heterocycles. The van der Waals surface area contributed by atoms with Gasteiger partial charge < -0.3 is 5.73 Å². The highest BCUT2D eigenvalue weighted by Gasteiger charge is 2.45. The first-order valence-electron chi connectivity index (χ1n) is 4.31. The zero-order chi connectivity index (χ0) is 11.0. The summed E-state index contributed by atoms with van der Waals surface area (Å²) >= 11 is 0. The average Bonchev–Trinajstić information content (AvgIpc) is 2.03. The molecule has 0 bridgehead atoms. The van der Waals surface area contributed by atoms with Crippen LogP contribution in [0.4, 0.5) is 0 Å². The van der Waals surface area contributed by atoms with E-state index in [1.165, 1.54) is 6.92 Å². The highest BCUT2D eigenvalue weighted by atomic mass is 32.2. The van der Waals surface area contributed by atoms with Gasteiger partial charge in [-0.3, -0.25) is 9.59 Å². The van der Waals surface area contributed by atoms with E-state index < -0.39 is 21.2 Å².